The van der Waals surface area contributed by atoms with E-state index in [1.165, 1.54) is 19.3 Å². The Kier molecular flexibility index (Phi) is 2.82. The molecule has 4 aliphatic carbocycles. The predicted molar refractivity (Wildman–Crippen MR) is 76.3 cm³/mol. The summed E-state index contributed by atoms with van der Waals surface area (Å²) in [6, 6.07) is 0. The number of hydrogen-bond donors (Lipinski definition) is 0. The van der Waals surface area contributed by atoms with Gasteiger partial charge < -0.3 is 0 Å². The Labute approximate surface area is 112 Å². The van der Waals surface area contributed by atoms with Gasteiger partial charge in [-0.05, 0) is 80.5 Å². The Morgan fingerprint density at radius 1 is 0.833 bits per heavy atom. The lowest BCUT2D eigenvalue weighted by Crippen LogP contribution is -2.40. The summed E-state index contributed by atoms with van der Waals surface area (Å²) < 4.78 is 0. The minimum atomic E-state index is 0.871. The zero-order chi connectivity index (χ0) is 12.1. The molecule has 0 amide bonds. The van der Waals surface area contributed by atoms with Crippen molar-refractivity contribution in [1.29, 1.82) is 0 Å². The average molecular weight is 244 g/mol. The second-order valence-electron chi connectivity index (χ2n) is 7.70. The molecule has 6 atom stereocenters. The van der Waals surface area contributed by atoms with Crippen molar-refractivity contribution in [3.05, 3.63) is 11.6 Å². The van der Waals surface area contributed by atoms with E-state index in [1.54, 1.807) is 38.5 Å². The Morgan fingerprint density at radius 2 is 1.78 bits per heavy atom. The van der Waals surface area contributed by atoms with Crippen LogP contribution in [-0.2, 0) is 0 Å². The highest BCUT2D eigenvalue weighted by atomic mass is 14.5. The Bertz CT molecular complexity index is 353. The minimum Gasteiger partial charge on any atom is -0.0822 e. The van der Waals surface area contributed by atoms with Crippen LogP contribution in [0.1, 0.15) is 64.7 Å². The van der Waals surface area contributed by atoms with Gasteiger partial charge in [0.1, 0.15) is 0 Å². The van der Waals surface area contributed by atoms with Gasteiger partial charge in [-0.25, -0.2) is 0 Å². The Hall–Kier alpha value is -0.260. The van der Waals surface area contributed by atoms with Crippen molar-refractivity contribution in [3.63, 3.8) is 0 Å². The number of rotatable bonds is 0. The number of fused-ring (bicyclic) bond motifs is 5. The first-order valence-corrected chi connectivity index (χ1v) is 8.53. The van der Waals surface area contributed by atoms with Crippen LogP contribution in [0.4, 0.5) is 0 Å². The van der Waals surface area contributed by atoms with Gasteiger partial charge in [-0.1, -0.05) is 31.4 Å². The lowest BCUT2D eigenvalue weighted by molar-refractivity contribution is 0.0471. The third kappa shape index (κ3) is 1.71. The summed E-state index contributed by atoms with van der Waals surface area (Å²) in [5, 5.41) is 0. The van der Waals surface area contributed by atoms with Crippen LogP contribution in [0.15, 0.2) is 11.6 Å². The Balaban J connectivity index is 1.59. The van der Waals surface area contributed by atoms with Gasteiger partial charge in [0, 0.05) is 0 Å². The molecule has 0 spiro atoms. The van der Waals surface area contributed by atoms with Crippen molar-refractivity contribution >= 4 is 0 Å². The summed E-state index contributed by atoms with van der Waals surface area (Å²) in [5.74, 6) is 6.39. The molecule has 4 rings (SSSR count). The summed E-state index contributed by atoms with van der Waals surface area (Å²) in [5.41, 5.74) is 1.88. The molecular formula is C18H28. The van der Waals surface area contributed by atoms with Gasteiger partial charge in [0.25, 0.3) is 0 Å². The van der Waals surface area contributed by atoms with Crippen LogP contribution >= 0.6 is 0 Å². The van der Waals surface area contributed by atoms with E-state index in [-0.39, 0.29) is 0 Å². The molecule has 0 heterocycles. The molecule has 0 N–H and O–H groups in total. The maximum atomic E-state index is 2.66. The molecule has 0 radical (unpaired) electrons. The standard InChI is InChI=1S/C18H28/c1-12-5-8-16-14(11-12)7-10-17-15-4-2-3-13(15)6-9-18(16)17/h11-13,15-18H,2-10H2,1H3. The second kappa shape index (κ2) is 4.39. The van der Waals surface area contributed by atoms with Crippen molar-refractivity contribution in [2.75, 3.05) is 0 Å². The predicted octanol–water partition coefficient (Wildman–Crippen LogP) is 5.20. The highest BCUT2D eigenvalue weighted by Gasteiger charge is 2.47. The van der Waals surface area contributed by atoms with Gasteiger partial charge in [-0.15, -0.1) is 0 Å². The van der Waals surface area contributed by atoms with Gasteiger partial charge in [0.05, 0.1) is 0 Å². The van der Waals surface area contributed by atoms with E-state index in [9.17, 15) is 0 Å². The monoisotopic (exact) mass is 244 g/mol. The van der Waals surface area contributed by atoms with E-state index in [0.717, 1.165) is 35.5 Å². The van der Waals surface area contributed by atoms with Crippen molar-refractivity contribution in [2.45, 2.75) is 64.7 Å². The van der Waals surface area contributed by atoms with Crippen LogP contribution in [0, 0.1) is 35.5 Å². The fourth-order valence-electron chi connectivity index (χ4n) is 6.14. The minimum absolute atomic E-state index is 0.871. The maximum absolute atomic E-state index is 2.66. The van der Waals surface area contributed by atoms with Crippen molar-refractivity contribution < 1.29 is 0 Å². The fraction of sp³-hybridized carbons (Fsp3) is 0.889. The smallest absolute Gasteiger partial charge is 0.0172 e. The maximum Gasteiger partial charge on any atom is -0.0172 e. The van der Waals surface area contributed by atoms with Gasteiger partial charge >= 0.3 is 0 Å². The molecule has 0 nitrogen and oxygen atoms in total. The normalized spacial score (nSPS) is 51.1. The molecule has 6 unspecified atom stereocenters. The molecule has 0 heteroatoms. The van der Waals surface area contributed by atoms with Gasteiger partial charge in [0.2, 0.25) is 0 Å². The summed E-state index contributed by atoms with van der Waals surface area (Å²) in [4.78, 5) is 0. The van der Waals surface area contributed by atoms with Crippen LogP contribution < -0.4 is 0 Å². The second-order valence-corrected chi connectivity index (χ2v) is 7.70. The zero-order valence-corrected chi connectivity index (χ0v) is 11.9. The summed E-state index contributed by atoms with van der Waals surface area (Å²) in [6.45, 7) is 2.42. The molecule has 0 aromatic heterocycles. The first-order chi connectivity index (χ1) is 8.83. The van der Waals surface area contributed by atoms with Crippen LogP contribution in [0.3, 0.4) is 0 Å². The van der Waals surface area contributed by atoms with E-state index in [1.807, 2.05) is 5.57 Å². The first-order valence-electron chi connectivity index (χ1n) is 8.53. The van der Waals surface area contributed by atoms with Gasteiger partial charge in [0.15, 0.2) is 0 Å². The first kappa shape index (κ1) is 11.6. The highest BCUT2D eigenvalue weighted by molar-refractivity contribution is 5.18. The molecule has 0 aliphatic heterocycles. The quantitative estimate of drug-likeness (QED) is 0.514. The molecule has 0 saturated heterocycles. The molecule has 3 saturated carbocycles. The highest BCUT2D eigenvalue weighted by Crippen LogP contribution is 2.57. The summed E-state index contributed by atoms with van der Waals surface area (Å²) in [6.07, 6.45) is 16.5. The summed E-state index contributed by atoms with van der Waals surface area (Å²) in [7, 11) is 0. The fourth-order valence-corrected chi connectivity index (χ4v) is 6.14. The van der Waals surface area contributed by atoms with E-state index in [4.69, 9.17) is 0 Å². The molecular weight excluding hydrogens is 216 g/mol. The molecule has 0 aromatic rings. The molecule has 4 aliphatic rings. The lowest BCUT2D eigenvalue weighted by Gasteiger charge is -2.49. The van der Waals surface area contributed by atoms with Crippen LogP contribution in [0.2, 0.25) is 0 Å². The number of hydrogen-bond acceptors (Lipinski definition) is 0. The SMILES string of the molecule is CC1C=C2CCC3C4CCCC4CCC3C2CC1. The van der Waals surface area contributed by atoms with Crippen LogP contribution in [0.5, 0.6) is 0 Å². The topological polar surface area (TPSA) is 0 Å². The largest absolute Gasteiger partial charge is 0.0822 e. The van der Waals surface area contributed by atoms with E-state index in [0.29, 0.717) is 0 Å². The zero-order valence-electron chi connectivity index (χ0n) is 11.9. The Morgan fingerprint density at radius 3 is 2.72 bits per heavy atom. The summed E-state index contributed by atoms with van der Waals surface area (Å²) >= 11 is 0. The third-order valence-electron chi connectivity index (χ3n) is 6.88. The van der Waals surface area contributed by atoms with Gasteiger partial charge in [-0.3, -0.25) is 0 Å². The number of allylic oxidation sites excluding steroid dienone is 2. The molecule has 0 bridgehead atoms. The van der Waals surface area contributed by atoms with Crippen LogP contribution in [0.25, 0.3) is 0 Å². The molecule has 100 valence electrons. The average Bonchev–Trinajstić information content (AvgIpc) is 2.86. The van der Waals surface area contributed by atoms with Crippen LogP contribution in [-0.4, -0.2) is 0 Å². The van der Waals surface area contributed by atoms with Crippen molar-refractivity contribution in [2.24, 2.45) is 35.5 Å². The molecule has 18 heavy (non-hydrogen) atoms. The van der Waals surface area contributed by atoms with Crippen molar-refractivity contribution in [3.8, 4) is 0 Å². The van der Waals surface area contributed by atoms with E-state index < -0.39 is 0 Å². The lowest BCUT2D eigenvalue weighted by atomic mass is 9.56. The molecule has 0 aromatic carbocycles. The third-order valence-corrected chi connectivity index (χ3v) is 6.88. The molecule has 3 fully saturated rings. The van der Waals surface area contributed by atoms with E-state index in [2.05, 4.69) is 13.0 Å². The van der Waals surface area contributed by atoms with Crippen molar-refractivity contribution in [1.82, 2.24) is 0 Å². The van der Waals surface area contributed by atoms with Gasteiger partial charge in [-0.2, -0.15) is 0 Å². The van der Waals surface area contributed by atoms with E-state index >= 15 is 0 Å².